The molecular formula is C17H14FN3O2. The highest BCUT2D eigenvalue weighted by Crippen LogP contribution is 2.11. The van der Waals surface area contributed by atoms with Gasteiger partial charge in [0.2, 0.25) is 5.91 Å². The molecule has 0 aliphatic rings. The van der Waals surface area contributed by atoms with Crippen molar-refractivity contribution in [3.63, 3.8) is 0 Å². The van der Waals surface area contributed by atoms with E-state index in [2.05, 4.69) is 5.32 Å². The number of amides is 2. The quantitative estimate of drug-likeness (QED) is 0.876. The van der Waals surface area contributed by atoms with Crippen LogP contribution in [0.15, 0.2) is 48.5 Å². The van der Waals surface area contributed by atoms with Gasteiger partial charge < -0.3 is 11.1 Å². The molecule has 2 amide bonds. The molecule has 2 rings (SSSR count). The molecule has 0 bridgehead atoms. The molecule has 0 radical (unpaired) electrons. The topological polar surface area (TPSA) is 96.0 Å². The van der Waals surface area contributed by atoms with Crippen molar-refractivity contribution in [2.75, 3.05) is 0 Å². The third-order valence-corrected chi connectivity index (χ3v) is 3.32. The van der Waals surface area contributed by atoms with E-state index in [1.165, 1.54) is 12.1 Å². The monoisotopic (exact) mass is 311 g/mol. The molecule has 0 heterocycles. The van der Waals surface area contributed by atoms with Crippen LogP contribution in [-0.2, 0) is 11.2 Å². The predicted molar refractivity (Wildman–Crippen MR) is 81.7 cm³/mol. The second-order valence-corrected chi connectivity index (χ2v) is 4.91. The first-order valence-corrected chi connectivity index (χ1v) is 6.85. The Hall–Kier alpha value is -3.20. The molecule has 2 aromatic carbocycles. The zero-order valence-electron chi connectivity index (χ0n) is 12.1. The van der Waals surface area contributed by atoms with Crippen LogP contribution in [0.5, 0.6) is 0 Å². The van der Waals surface area contributed by atoms with Crippen molar-refractivity contribution in [2.24, 2.45) is 5.73 Å². The number of nitrogens with two attached hydrogens (primary N) is 1. The third-order valence-electron chi connectivity index (χ3n) is 3.32. The number of rotatable bonds is 5. The maximum atomic E-state index is 12.9. The number of nitrogens with one attached hydrogen (secondary N) is 1. The van der Waals surface area contributed by atoms with Crippen molar-refractivity contribution in [3.8, 4) is 6.07 Å². The summed E-state index contributed by atoms with van der Waals surface area (Å²) in [6.45, 7) is 0. The Morgan fingerprint density at radius 1 is 1.17 bits per heavy atom. The van der Waals surface area contributed by atoms with Gasteiger partial charge in [-0.3, -0.25) is 9.59 Å². The number of hydrogen-bond acceptors (Lipinski definition) is 3. The predicted octanol–water partition coefficient (Wildman–Crippen LogP) is 1.52. The minimum Gasteiger partial charge on any atom is -0.368 e. The highest BCUT2D eigenvalue weighted by atomic mass is 19.1. The van der Waals surface area contributed by atoms with Crippen molar-refractivity contribution in [3.05, 3.63) is 71.0 Å². The molecule has 0 aromatic heterocycles. The van der Waals surface area contributed by atoms with Gasteiger partial charge in [0.25, 0.3) is 5.91 Å². The molecule has 1 atom stereocenters. The number of primary amides is 1. The van der Waals surface area contributed by atoms with Gasteiger partial charge in [-0.25, -0.2) is 4.39 Å². The summed E-state index contributed by atoms with van der Waals surface area (Å²) >= 11 is 0. The highest BCUT2D eigenvalue weighted by Gasteiger charge is 2.20. The lowest BCUT2D eigenvalue weighted by Crippen LogP contribution is -2.46. The molecule has 3 N–H and O–H groups in total. The number of nitriles is 1. The van der Waals surface area contributed by atoms with Crippen molar-refractivity contribution in [1.29, 1.82) is 5.26 Å². The smallest absolute Gasteiger partial charge is 0.251 e. The molecule has 5 nitrogen and oxygen atoms in total. The summed E-state index contributed by atoms with van der Waals surface area (Å²) in [7, 11) is 0. The molecule has 6 heteroatoms. The molecule has 0 saturated carbocycles. The average Bonchev–Trinajstić information content (AvgIpc) is 2.55. The van der Waals surface area contributed by atoms with E-state index in [-0.39, 0.29) is 12.0 Å². The minimum absolute atomic E-state index is 0.103. The first-order chi connectivity index (χ1) is 11.0. The van der Waals surface area contributed by atoms with Crippen molar-refractivity contribution in [1.82, 2.24) is 5.32 Å². The van der Waals surface area contributed by atoms with Crippen LogP contribution in [0.25, 0.3) is 0 Å². The highest BCUT2D eigenvalue weighted by molar-refractivity contribution is 5.97. The Balaban J connectivity index is 2.16. The minimum atomic E-state index is -0.970. The van der Waals surface area contributed by atoms with Crippen LogP contribution in [-0.4, -0.2) is 17.9 Å². The molecule has 23 heavy (non-hydrogen) atoms. The fraction of sp³-hybridized carbons (Fsp3) is 0.118. The first kappa shape index (κ1) is 16.2. The largest absolute Gasteiger partial charge is 0.368 e. The van der Waals surface area contributed by atoms with E-state index in [4.69, 9.17) is 11.0 Å². The Bertz CT molecular complexity index is 766. The van der Waals surface area contributed by atoms with Crippen LogP contribution in [0, 0.1) is 17.1 Å². The second-order valence-electron chi connectivity index (χ2n) is 4.91. The Kier molecular flexibility index (Phi) is 5.05. The van der Waals surface area contributed by atoms with E-state index in [0.717, 1.165) is 12.1 Å². The standard InChI is InChI=1S/C17H14FN3O2/c18-14-7-5-11(6-8-14)17(23)21-15(16(20)22)9-12-3-1-2-4-13(12)10-19/h1-8,15H,9H2,(H2,20,22)(H,21,23)/t15-/m1/s1. The molecule has 0 saturated heterocycles. The summed E-state index contributed by atoms with van der Waals surface area (Å²) in [5, 5.41) is 11.6. The Morgan fingerprint density at radius 2 is 1.83 bits per heavy atom. The van der Waals surface area contributed by atoms with Gasteiger partial charge in [0.15, 0.2) is 0 Å². The van der Waals surface area contributed by atoms with Gasteiger partial charge in [0.05, 0.1) is 11.6 Å². The van der Waals surface area contributed by atoms with E-state index in [9.17, 15) is 14.0 Å². The summed E-state index contributed by atoms with van der Waals surface area (Å²) in [4.78, 5) is 23.7. The SMILES string of the molecule is N#Cc1ccccc1C[C@@H](NC(=O)c1ccc(F)cc1)C(N)=O. The molecule has 116 valence electrons. The molecule has 0 unspecified atom stereocenters. The Labute approximate surface area is 132 Å². The molecule has 0 spiro atoms. The summed E-state index contributed by atoms with van der Waals surface area (Å²) < 4.78 is 12.9. The van der Waals surface area contributed by atoms with Crippen molar-refractivity contribution >= 4 is 11.8 Å². The molecule has 0 aliphatic carbocycles. The van der Waals surface area contributed by atoms with Crippen LogP contribution in [0.1, 0.15) is 21.5 Å². The van der Waals surface area contributed by atoms with Crippen LogP contribution in [0.3, 0.4) is 0 Å². The third kappa shape index (κ3) is 4.14. The van der Waals surface area contributed by atoms with E-state index < -0.39 is 23.7 Å². The van der Waals surface area contributed by atoms with Gasteiger partial charge in [0, 0.05) is 12.0 Å². The van der Waals surface area contributed by atoms with Gasteiger partial charge in [0.1, 0.15) is 11.9 Å². The van der Waals surface area contributed by atoms with E-state index >= 15 is 0 Å². The molecular weight excluding hydrogens is 297 g/mol. The second kappa shape index (κ2) is 7.18. The lowest BCUT2D eigenvalue weighted by Gasteiger charge is -2.16. The lowest BCUT2D eigenvalue weighted by molar-refractivity contribution is -0.119. The molecule has 2 aromatic rings. The van der Waals surface area contributed by atoms with Gasteiger partial charge in [-0.05, 0) is 35.9 Å². The van der Waals surface area contributed by atoms with Crippen molar-refractivity contribution < 1.29 is 14.0 Å². The molecule has 0 fully saturated rings. The number of benzene rings is 2. The van der Waals surface area contributed by atoms with E-state index in [1.807, 2.05) is 6.07 Å². The Morgan fingerprint density at radius 3 is 2.43 bits per heavy atom. The number of halogens is 1. The maximum absolute atomic E-state index is 12.9. The number of hydrogen-bond donors (Lipinski definition) is 2. The normalized spacial score (nSPS) is 11.3. The summed E-state index contributed by atoms with van der Waals surface area (Å²) in [5.41, 5.74) is 6.57. The summed E-state index contributed by atoms with van der Waals surface area (Å²) in [6, 6.07) is 12.7. The fourth-order valence-electron chi connectivity index (χ4n) is 2.09. The van der Waals surface area contributed by atoms with Gasteiger partial charge in [-0.1, -0.05) is 18.2 Å². The number of nitrogens with zero attached hydrogens (tertiary/aromatic N) is 1. The number of carbonyl (C=O) groups excluding carboxylic acids is 2. The first-order valence-electron chi connectivity index (χ1n) is 6.85. The van der Waals surface area contributed by atoms with Crippen LogP contribution in [0.2, 0.25) is 0 Å². The van der Waals surface area contributed by atoms with Crippen LogP contribution >= 0.6 is 0 Å². The summed E-state index contributed by atoms with van der Waals surface area (Å²) in [5.74, 6) is -1.72. The van der Waals surface area contributed by atoms with E-state index in [1.54, 1.807) is 24.3 Å². The maximum Gasteiger partial charge on any atom is 0.251 e. The number of carbonyl (C=O) groups is 2. The zero-order valence-corrected chi connectivity index (χ0v) is 12.1. The lowest BCUT2D eigenvalue weighted by atomic mass is 10.00. The van der Waals surface area contributed by atoms with Crippen LogP contribution in [0.4, 0.5) is 4.39 Å². The van der Waals surface area contributed by atoms with Crippen LogP contribution < -0.4 is 11.1 Å². The summed E-state index contributed by atoms with van der Waals surface area (Å²) in [6.07, 6.45) is 0.103. The van der Waals surface area contributed by atoms with Gasteiger partial charge in [-0.2, -0.15) is 5.26 Å². The molecule has 0 aliphatic heterocycles. The van der Waals surface area contributed by atoms with Crippen molar-refractivity contribution in [2.45, 2.75) is 12.5 Å². The average molecular weight is 311 g/mol. The van der Waals surface area contributed by atoms with Gasteiger partial charge in [-0.15, -0.1) is 0 Å². The van der Waals surface area contributed by atoms with E-state index in [0.29, 0.717) is 11.1 Å². The zero-order chi connectivity index (χ0) is 16.8. The fourth-order valence-corrected chi connectivity index (χ4v) is 2.09. The van der Waals surface area contributed by atoms with Gasteiger partial charge >= 0.3 is 0 Å².